The number of anilines is 1. The first-order chi connectivity index (χ1) is 10.8. The van der Waals surface area contributed by atoms with Crippen molar-refractivity contribution in [3.63, 3.8) is 0 Å². The lowest BCUT2D eigenvalue weighted by Gasteiger charge is -2.11. The number of carbonyl (C=O) groups is 1. The molecule has 0 saturated heterocycles. The zero-order chi connectivity index (χ0) is 17.0. The zero-order valence-electron chi connectivity index (χ0n) is 12.2. The number of benzene rings is 1. The van der Waals surface area contributed by atoms with E-state index >= 15 is 0 Å². The van der Waals surface area contributed by atoms with Crippen LogP contribution in [0.15, 0.2) is 44.3 Å². The standard InChI is InChI=1S/C14H15BrN2O5S/c1-21-14(18)11-8-10(23(16,19)20)3-4-12(11)17-7-6-9-2-5-13(15)22-9/h2-5,8,17H,6-7H2,1H3,(H2,16,19,20). The number of esters is 1. The van der Waals surface area contributed by atoms with Crippen molar-refractivity contribution in [3.8, 4) is 0 Å². The van der Waals surface area contributed by atoms with E-state index in [0.29, 0.717) is 23.3 Å². The van der Waals surface area contributed by atoms with Crippen LogP contribution in [0.4, 0.5) is 5.69 Å². The number of ether oxygens (including phenoxy) is 1. The summed E-state index contributed by atoms with van der Waals surface area (Å²) in [6.07, 6.45) is 0.586. The minimum atomic E-state index is -3.90. The van der Waals surface area contributed by atoms with E-state index in [2.05, 4.69) is 26.0 Å². The Morgan fingerprint density at radius 3 is 2.65 bits per heavy atom. The quantitative estimate of drug-likeness (QED) is 0.715. The van der Waals surface area contributed by atoms with Crippen LogP contribution in [0.2, 0.25) is 0 Å². The molecular formula is C14H15BrN2O5S. The summed E-state index contributed by atoms with van der Waals surface area (Å²) in [7, 11) is -2.68. The number of primary sulfonamides is 1. The fraction of sp³-hybridized carbons (Fsp3) is 0.214. The van der Waals surface area contributed by atoms with E-state index in [0.717, 1.165) is 5.76 Å². The molecule has 3 N–H and O–H groups in total. The van der Waals surface area contributed by atoms with Gasteiger partial charge >= 0.3 is 5.97 Å². The lowest BCUT2D eigenvalue weighted by Crippen LogP contribution is -2.15. The van der Waals surface area contributed by atoms with Gasteiger partial charge in [0, 0.05) is 18.7 Å². The van der Waals surface area contributed by atoms with Gasteiger partial charge in [-0.15, -0.1) is 0 Å². The maximum Gasteiger partial charge on any atom is 0.340 e. The number of halogens is 1. The van der Waals surface area contributed by atoms with Crippen molar-refractivity contribution in [2.75, 3.05) is 19.0 Å². The van der Waals surface area contributed by atoms with Crippen LogP contribution in [-0.4, -0.2) is 28.0 Å². The SMILES string of the molecule is COC(=O)c1cc(S(N)(=O)=O)ccc1NCCc1ccc(Br)o1. The molecule has 0 radical (unpaired) electrons. The Hall–Kier alpha value is -1.84. The summed E-state index contributed by atoms with van der Waals surface area (Å²) in [6.45, 7) is 0.485. The van der Waals surface area contributed by atoms with Gasteiger partial charge in [0.1, 0.15) is 5.76 Å². The third kappa shape index (κ3) is 4.57. The van der Waals surface area contributed by atoms with Gasteiger partial charge in [-0.1, -0.05) is 0 Å². The molecule has 23 heavy (non-hydrogen) atoms. The molecule has 1 heterocycles. The Kier molecular flexibility index (Phi) is 5.45. The van der Waals surface area contributed by atoms with E-state index in [9.17, 15) is 13.2 Å². The second-order valence-corrected chi connectivity index (χ2v) is 6.97. The first-order valence-corrected chi connectivity index (χ1v) is 8.88. The number of carbonyl (C=O) groups excluding carboxylic acids is 1. The van der Waals surface area contributed by atoms with Crippen molar-refractivity contribution in [2.24, 2.45) is 5.14 Å². The molecule has 0 aliphatic carbocycles. The van der Waals surface area contributed by atoms with Crippen LogP contribution < -0.4 is 10.5 Å². The minimum Gasteiger partial charge on any atom is -0.465 e. The number of hydrogen-bond acceptors (Lipinski definition) is 6. The van der Waals surface area contributed by atoms with E-state index in [1.54, 1.807) is 6.07 Å². The van der Waals surface area contributed by atoms with Crippen molar-refractivity contribution in [2.45, 2.75) is 11.3 Å². The molecule has 0 bridgehead atoms. The van der Waals surface area contributed by atoms with Crippen LogP contribution in [0.3, 0.4) is 0 Å². The van der Waals surface area contributed by atoms with Gasteiger partial charge in [-0.05, 0) is 46.3 Å². The van der Waals surface area contributed by atoms with E-state index in [4.69, 9.17) is 9.56 Å². The molecule has 0 saturated carbocycles. The third-order valence-corrected chi connectivity index (χ3v) is 4.38. The summed E-state index contributed by atoms with van der Waals surface area (Å²) in [6, 6.07) is 7.61. The Balaban J connectivity index is 2.18. The highest BCUT2D eigenvalue weighted by molar-refractivity contribution is 9.10. The molecule has 0 spiro atoms. The Morgan fingerprint density at radius 2 is 2.09 bits per heavy atom. The van der Waals surface area contributed by atoms with Crippen LogP contribution in [0, 0.1) is 0 Å². The van der Waals surface area contributed by atoms with Gasteiger partial charge < -0.3 is 14.5 Å². The third-order valence-electron chi connectivity index (χ3n) is 3.04. The number of rotatable bonds is 6. The number of furan rings is 1. The molecular weight excluding hydrogens is 388 g/mol. The van der Waals surface area contributed by atoms with Gasteiger partial charge in [-0.3, -0.25) is 0 Å². The highest BCUT2D eigenvalue weighted by atomic mass is 79.9. The van der Waals surface area contributed by atoms with E-state index in [1.807, 2.05) is 6.07 Å². The number of hydrogen-bond donors (Lipinski definition) is 2. The molecule has 0 atom stereocenters. The maximum absolute atomic E-state index is 11.8. The maximum atomic E-state index is 11.8. The molecule has 1 aromatic heterocycles. The van der Waals surface area contributed by atoms with Crippen LogP contribution in [0.25, 0.3) is 0 Å². The number of sulfonamides is 1. The van der Waals surface area contributed by atoms with Crippen LogP contribution in [0.1, 0.15) is 16.1 Å². The number of nitrogens with one attached hydrogen (secondary N) is 1. The first-order valence-electron chi connectivity index (χ1n) is 6.54. The monoisotopic (exact) mass is 402 g/mol. The van der Waals surface area contributed by atoms with Crippen LogP contribution >= 0.6 is 15.9 Å². The summed E-state index contributed by atoms with van der Waals surface area (Å²) >= 11 is 3.22. The van der Waals surface area contributed by atoms with Crippen molar-refractivity contribution >= 4 is 37.6 Å². The number of methoxy groups -OCH3 is 1. The average molecular weight is 403 g/mol. The normalized spacial score (nSPS) is 11.3. The second-order valence-electron chi connectivity index (χ2n) is 4.63. The van der Waals surface area contributed by atoms with Crippen molar-refractivity contribution < 1.29 is 22.4 Å². The van der Waals surface area contributed by atoms with E-state index < -0.39 is 16.0 Å². The predicted molar refractivity (Wildman–Crippen MR) is 87.8 cm³/mol. The first kappa shape index (κ1) is 17.5. The second kappa shape index (κ2) is 7.16. The highest BCUT2D eigenvalue weighted by Crippen LogP contribution is 2.21. The Morgan fingerprint density at radius 1 is 1.35 bits per heavy atom. The molecule has 0 fully saturated rings. The van der Waals surface area contributed by atoms with Gasteiger partial charge in [-0.25, -0.2) is 18.4 Å². The molecule has 0 aliphatic rings. The molecule has 2 rings (SSSR count). The smallest absolute Gasteiger partial charge is 0.340 e. The predicted octanol–water partition coefficient (Wildman–Crippen LogP) is 2.13. The minimum absolute atomic E-state index is 0.0969. The number of nitrogens with two attached hydrogens (primary N) is 1. The molecule has 1 aromatic carbocycles. The van der Waals surface area contributed by atoms with E-state index in [-0.39, 0.29) is 10.5 Å². The Labute approximate surface area is 142 Å². The van der Waals surface area contributed by atoms with Crippen LogP contribution in [0.5, 0.6) is 0 Å². The average Bonchev–Trinajstić information content (AvgIpc) is 2.91. The summed E-state index contributed by atoms with van der Waals surface area (Å²) in [4.78, 5) is 11.7. The summed E-state index contributed by atoms with van der Waals surface area (Å²) in [5.74, 6) is 0.115. The van der Waals surface area contributed by atoms with Gasteiger partial charge in [0.2, 0.25) is 10.0 Å². The molecule has 2 aromatic rings. The fourth-order valence-electron chi connectivity index (χ4n) is 1.94. The van der Waals surface area contributed by atoms with E-state index in [1.165, 1.54) is 25.3 Å². The fourth-order valence-corrected chi connectivity index (χ4v) is 2.82. The lowest BCUT2D eigenvalue weighted by atomic mass is 10.1. The molecule has 0 unspecified atom stereocenters. The summed E-state index contributed by atoms with van der Waals surface area (Å²) in [5, 5.41) is 8.13. The van der Waals surface area contributed by atoms with Crippen molar-refractivity contribution in [1.29, 1.82) is 0 Å². The topological polar surface area (TPSA) is 112 Å². The zero-order valence-corrected chi connectivity index (χ0v) is 14.6. The van der Waals surface area contributed by atoms with Crippen molar-refractivity contribution in [1.82, 2.24) is 0 Å². The largest absolute Gasteiger partial charge is 0.465 e. The van der Waals surface area contributed by atoms with Gasteiger partial charge in [0.05, 0.1) is 17.6 Å². The van der Waals surface area contributed by atoms with Gasteiger partial charge in [0.25, 0.3) is 0 Å². The molecule has 0 amide bonds. The molecule has 9 heteroatoms. The molecule has 124 valence electrons. The van der Waals surface area contributed by atoms with Crippen molar-refractivity contribution in [3.05, 3.63) is 46.3 Å². The van der Waals surface area contributed by atoms with Gasteiger partial charge in [0.15, 0.2) is 4.67 Å². The molecule has 0 aliphatic heterocycles. The molecule has 7 nitrogen and oxygen atoms in total. The summed E-state index contributed by atoms with van der Waals surface area (Å²) < 4.78 is 33.5. The lowest BCUT2D eigenvalue weighted by molar-refractivity contribution is 0.0601. The van der Waals surface area contributed by atoms with Gasteiger partial charge in [-0.2, -0.15) is 0 Å². The highest BCUT2D eigenvalue weighted by Gasteiger charge is 2.17. The summed E-state index contributed by atoms with van der Waals surface area (Å²) in [5.41, 5.74) is 0.550. The van der Waals surface area contributed by atoms with Crippen LogP contribution in [-0.2, 0) is 21.2 Å². The Bertz CT molecular complexity index is 816.